The zero-order chi connectivity index (χ0) is 29.5. The highest BCUT2D eigenvalue weighted by molar-refractivity contribution is 5.90. The number of halogens is 3. The molecule has 0 aliphatic carbocycles. The van der Waals surface area contributed by atoms with Crippen LogP contribution in [0.15, 0.2) is 66.9 Å². The van der Waals surface area contributed by atoms with Crippen molar-refractivity contribution < 1.29 is 32.2 Å². The molecular weight excluding hydrogens is 531 g/mol. The number of hydrogen-bond donors (Lipinski definition) is 0. The summed E-state index contributed by atoms with van der Waals surface area (Å²) in [5.74, 6) is 0.485. The number of rotatable bonds is 17. The number of carbonyl (C=O) groups excluding carboxylic acids is 1. The van der Waals surface area contributed by atoms with Crippen molar-refractivity contribution in [1.29, 1.82) is 0 Å². The minimum atomic E-state index is -4.32. The second-order valence-electron chi connectivity index (χ2n) is 10.0. The van der Waals surface area contributed by atoms with Crippen LogP contribution in [0, 0.1) is 0 Å². The van der Waals surface area contributed by atoms with Crippen LogP contribution in [-0.2, 0) is 9.47 Å². The Morgan fingerprint density at radius 2 is 1.37 bits per heavy atom. The van der Waals surface area contributed by atoms with Gasteiger partial charge in [-0.3, -0.25) is 4.98 Å². The Hall–Kier alpha value is -3.39. The minimum absolute atomic E-state index is 0.0921. The molecule has 1 atom stereocenters. The monoisotopic (exact) mass is 571 g/mol. The number of hydrogen-bond acceptors (Lipinski definition) is 5. The number of nitrogens with zero attached hydrogens (tertiary/aromatic N) is 1. The van der Waals surface area contributed by atoms with E-state index in [1.54, 1.807) is 12.1 Å². The van der Waals surface area contributed by atoms with Gasteiger partial charge in [-0.25, -0.2) is 4.79 Å². The zero-order valence-electron chi connectivity index (χ0n) is 23.9. The fourth-order valence-corrected chi connectivity index (χ4v) is 4.14. The number of pyridine rings is 1. The van der Waals surface area contributed by atoms with Gasteiger partial charge in [0.25, 0.3) is 0 Å². The Bertz CT molecular complexity index is 1160. The first-order chi connectivity index (χ1) is 19.8. The average molecular weight is 572 g/mol. The molecule has 0 aliphatic heterocycles. The van der Waals surface area contributed by atoms with Crippen LogP contribution >= 0.6 is 0 Å². The Balaban J connectivity index is 1.36. The van der Waals surface area contributed by atoms with E-state index in [0.717, 1.165) is 67.3 Å². The molecule has 8 heteroatoms. The van der Waals surface area contributed by atoms with Gasteiger partial charge in [-0.05, 0) is 74.2 Å². The molecule has 222 valence electrons. The van der Waals surface area contributed by atoms with E-state index >= 15 is 0 Å². The molecule has 0 saturated carbocycles. The molecule has 1 aromatic heterocycles. The highest BCUT2D eigenvalue weighted by Gasteiger charge is 2.36. The van der Waals surface area contributed by atoms with E-state index in [-0.39, 0.29) is 12.6 Å². The summed E-state index contributed by atoms with van der Waals surface area (Å²) >= 11 is 0. The average Bonchev–Trinajstić information content (AvgIpc) is 2.98. The van der Waals surface area contributed by atoms with Gasteiger partial charge in [0, 0.05) is 23.9 Å². The molecule has 1 unspecified atom stereocenters. The SMILES string of the molecule is CCCCCOc1ccc(-c2ccc(-c3ccc(C(=O)OCCCCCCCOC(C)C(F)(F)F)cc3)cn2)cc1. The standard InChI is InChI=1S/C33H40F3NO4/c1-3-4-8-22-40-30-18-15-27(16-19-30)31-20-17-29(24-37-31)26-11-13-28(14-12-26)32(38)41-23-10-7-5-6-9-21-39-25(2)33(34,35)36/h11-20,24-25H,3-10,21-23H2,1-2H3. The normalized spacial score (nSPS) is 12.2. The van der Waals surface area contributed by atoms with E-state index in [1.807, 2.05) is 54.7 Å². The quantitative estimate of drug-likeness (QED) is 0.119. The van der Waals surface area contributed by atoms with E-state index < -0.39 is 12.3 Å². The molecule has 0 N–H and O–H groups in total. The molecule has 0 spiro atoms. The number of carbonyl (C=O) groups is 1. The second kappa shape index (κ2) is 16.8. The topological polar surface area (TPSA) is 57.7 Å². The molecule has 0 amide bonds. The van der Waals surface area contributed by atoms with Gasteiger partial charge >= 0.3 is 12.1 Å². The lowest BCUT2D eigenvalue weighted by atomic mass is 10.0. The molecule has 3 rings (SSSR count). The van der Waals surface area contributed by atoms with Crippen molar-refractivity contribution in [3.63, 3.8) is 0 Å². The molecule has 5 nitrogen and oxygen atoms in total. The predicted octanol–water partition coefficient (Wildman–Crippen LogP) is 9.06. The fourth-order valence-electron chi connectivity index (χ4n) is 4.14. The maximum absolute atomic E-state index is 12.4. The van der Waals surface area contributed by atoms with Crippen molar-refractivity contribution in [2.24, 2.45) is 0 Å². The molecule has 0 fully saturated rings. The summed E-state index contributed by atoms with van der Waals surface area (Å²) in [6.07, 6.45) is 2.91. The maximum atomic E-state index is 12.4. The number of alkyl halides is 3. The maximum Gasteiger partial charge on any atom is 0.414 e. The Morgan fingerprint density at radius 1 is 0.756 bits per heavy atom. The van der Waals surface area contributed by atoms with Crippen LogP contribution in [0.1, 0.15) is 75.6 Å². The van der Waals surface area contributed by atoms with Crippen LogP contribution in [0.5, 0.6) is 5.75 Å². The number of esters is 1. The van der Waals surface area contributed by atoms with Crippen LogP contribution in [0.25, 0.3) is 22.4 Å². The van der Waals surface area contributed by atoms with Crippen molar-refractivity contribution in [3.05, 3.63) is 72.4 Å². The van der Waals surface area contributed by atoms with Crippen molar-refractivity contribution in [2.75, 3.05) is 19.8 Å². The molecule has 1 heterocycles. The van der Waals surface area contributed by atoms with E-state index in [0.29, 0.717) is 25.0 Å². The van der Waals surface area contributed by atoms with Crippen molar-refractivity contribution >= 4 is 5.97 Å². The van der Waals surface area contributed by atoms with E-state index in [2.05, 4.69) is 11.9 Å². The first kappa shape index (κ1) is 32.1. The van der Waals surface area contributed by atoms with Gasteiger partial charge in [0.15, 0.2) is 6.10 Å². The lowest BCUT2D eigenvalue weighted by Crippen LogP contribution is -2.28. The molecule has 0 radical (unpaired) electrons. The summed E-state index contributed by atoms with van der Waals surface area (Å²) < 4.78 is 53.1. The highest BCUT2D eigenvalue weighted by atomic mass is 19.4. The molecule has 3 aromatic rings. The molecule has 41 heavy (non-hydrogen) atoms. The van der Waals surface area contributed by atoms with Crippen LogP contribution < -0.4 is 4.74 Å². The lowest BCUT2D eigenvalue weighted by Gasteiger charge is -2.16. The van der Waals surface area contributed by atoms with Crippen molar-refractivity contribution in [3.8, 4) is 28.1 Å². The first-order valence-corrected chi connectivity index (χ1v) is 14.4. The van der Waals surface area contributed by atoms with Crippen LogP contribution in [0.3, 0.4) is 0 Å². The van der Waals surface area contributed by atoms with E-state index in [4.69, 9.17) is 14.2 Å². The van der Waals surface area contributed by atoms with Gasteiger partial charge in [0.2, 0.25) is 0 Å². The first-order valence-electron chi connectivity index (χ1n) is 14.4. The largest absolute Gasteiger partial charge is 0.494 e. The minimum Gasteiger partial charge on any atom is -0.494 e. The summed E-state index contributed by atoms with van der Waals surface area (Å²) in [5.41, 5.74) is 4.26. The summed E-state index contributed by atoms with van der Waals surface area (Å²) in [7, 11) is 0. The van der Waals surface area contributed by atoms with Gasteiger partial charge in [-0.2, -0.15) is 13.2 Å². The molecular formula is C33H40F3NO4. The second-order valence-corrected chi connectivity index (χ2v) is 10.0. The Morgan fingerprint density at radius 3 is 2.00 bits per heavy atom. The summed E-state index contributed by atoms with van der Waals surface area (Å²) in [6.45, 7) is 4.32. The molecule has 0 bridgehead atoms. The molecule has 0 aliphatic rings. The predicted molar refractivity (Wildman–Crippen MR) is 155 cm³/mol. The third-order valence-electron chi connectivity index (χ3n) is 6.73. The zero-order valence-corrected chi connectivity index (χ0v) is 23.9. The molecule has 2 aromatic carbocycles. The van der Waals surface area contributed by atoms with Crippen LogP contribution in [0.4, 0.5) is 13.2 Å². The summed E-state index contributed by atoms with van der Waals surface area (Å²) in [5, 5.41) is 0. The smallest absolute Gasteiger partial charge is 0.414 e. The van der Waals surface area contributed by atoms with Crippen molar-refractivity contribution in [1.82, 2.24) is 4.98 Å². The van der Waals surface area contributed by atoms with E-state index in [9.17, 15) is 18.0 Å². The highest BCUT2D eigenvalue weighted by Crippen LogP contribution is 2.25. The van der Waals surface area contributed by atoms with Gasteiger partial charge in [-0.15, -0.1) is 0 Å². The third-order valence-corrected chi connectivity index (χ3v) is 6.73. The number of unbranched alkanes of at least 4 members (excludes halogenated alkanes) is 6. The Labute approximate surface area is 241 Å². The molecule has 0 saturated heterocycles. The van der Waals surface area contributed by atoms with Crippen LogP contribution in [-0.4, -0.2) is 43.1 Å². The third kappa shape index (κ3) is 11.2. The fraction of sp³-hybridized carbons (Fsp3) is 0.455. The van der Waals surface area contributed by atoms with Gasteiger partial charge in [-0.1, -0.05) is 57.2 Å². The lowest BCUT2D eigenvalue weighted by molar-refractivity contribution is -0.214. The Kier molecular flexibility index (Phi) is 13.1. The number of benzene rings is 2. The summed E-state index contributed by atoms with van der Waals surface area (Å²) in [6, 6.07) is 19.2. The van der Waals surface area contributed by atoms with Gasteiger partial charge in [0.1, 0.15) is 5.75 Å². The number of ether oxygens (including phenoxy) is 3. The van der Waals surface area contributed by atoms with Crippen molar-refractivity contribution in [2.45, 2.75) is 77.5 Å². The summed E-state index contributed by atoms with van der Waals surface area (Å²) in [4.78, 5) is 17.0. The number of aromatic nitrogens is 1. The van der Waals surface area contributed by atoms with Gasteiger partial charge in [0.05, 0.1) is 24.5 Å². The van der Waals surface area contributed by atoms with Crippen LogP contribution in [0.2, 0.25) is 0 Å². The van der Waals surface area contributed by atoms with E-state index in [1.165, 1.54) is 12.8 Å². The van der Waals surface area contributed by atoms with Gasteiger partial charge < -0.3 is 14.2 Å².